The molecule has 14 heavy (non-hydrogen) atoms. The number of carboxylic acids is 3. The molecule has 0 heterocycles. The number of rotatable bonds is 0. The Morgan fingerprint density at radius 2 is 0.929 bits per heavy atom. The summed E-state index contributed by atoms with van der Waals surface area (Å²) in [6.45, 7) is 3.14. The Balaban J connectivity index is -0.0000000270. The Morgan fingerprint density at radius 1 is 0.929 bits per heavy atom. The fourth-order valence-corrected chi connectivity index (χ4v) is 0. The van der Waals surface area contributed by atoms with Crippen LogP contribution in [0.3, 0.4) is 0 Å². The van der Waals surface area contributed by atoms with Gasteiger partial charge >= 0.3 is 29.6 Å². The second kappa shape index (κ2) is 23.3. The Morgan fingerprint density at radius 3 is 0.929 bits per heavy atom. The first-order valence-electron chi connectivity index (χ1n) is 2.76. The maximum atomic E-state index is 9.00. The van der Waals surface area contributed by atoms with Crippen LogP contribution in [-0.4, -0.2) is 28.1 Å². The van der Waals surface area contributed by atoms with Crippen molar-refractivity contribution in [1.82, 2.24) is 0 Å². The zero-order valence-corrected chi connectivity index (χ0v) is 14.8. The largest absolute Gasteiger partial charge is 1.00 e. The molecular weight excluding hydrogens is 303 g/mol. The summed E-state index contributed by atoms with van der Waals surface area (Å²) in [5, 5.41) is 23.7. The smallest absolute Gasteiger partial charge is 0.550 e. The average molecular weight is 315 g/mol. The zero-order valence-electron chi connectivity index (χ0n) is 8.73. The van der Waals surface area contributed by atoms with E-state index in [0.29, 0.717) is 0 Å². The summed E-state index contributed by atoms with van der Waals surface area (Å²) in [5.74, 6) is -2.75. The van der Waals surface area contributed by atoms with E-state index in [4.69, 9.17) is 29.7 Å². The van der Waals surface area contributed by atoms with Crippen molar-refractivity contribution >= 4 is 17.9 Å². The molecule has 2 N–H and O–H groups in total. The van der Waals surface area contributed by atoms with Crippen LogP contribution in [0.2, 0.25) is 0 Å². The van der Waals surface area contributed by atoms with Crippen LogP contribution in [-0.2, 0) is 41.7 Å². The first-order chi connectivity index (χ1) is 5.20. The fourth-order valence-electron chi connectivity index (χ4n) is 0. The van der Waals surface area contributed by atoms with Gasteiger partial charge in [0, 0.05) is 47.1 Å². The maximum Gasteiger partial charge on any atom is 1.00 e. The van der Waals surface area contributed by atoms with Crippen LogP contribution in [0.4, 0.5) is 0 Å². The van der Waals surface area contributed by atoms with Gasteiger partial charge in [-0.25, -0.2) is 0 Å². The quantitative estimate of drug-likeness (QED) is 0.440. The molecule has 0 rings (SSSR count). The molecule has 0 atom stereocenters. The third-order valence-corrected chi connectivity index (χ3v) is 0. The molecule has 8 heteroatoms. The van der Waals surface area contributed by atoms with E-state index in [0.717, 1.165) is 20.8 Å². The molecule has 0 aliphatic heterocycles. The van der Waals surface area contributed by atoms with E-state index >= 15 is 0 Å². The van der Waals surface area contributed by atoms with E-state index in [9.17, 15) is 0 Å². The number of hydrogen-bond acceptors (Lipinski definition) is 4. The molecule has 0 saturated carbocycles. The number of carbonyl (C=O) groups excluding carboxylic acids is 1. The van der Waals surface area contributed by atoms with Crippen LogP contribution in [0, 0.1) is 0 Å². The number of carboxylic acid groups (broad SMARTS) is 3. The van der Waals surface area contributed by atoms with Crippen molar-refractivity contribution in [3.8, 4) is 0 Å². The molecule has 0 radical (unpaired) electrons. The molecule has 6 nitrogen and oxygen atoms in total. The first kappa shape index (κ1) is 29.3. The summed E-state index contributed by atoms with van der Waals surface area (Å²) in [4.78, 5) is 26.9. The Kier molecular flexibility index (Phi) is 48.6. The van der Waals surface area contributed by atoms with Crippen molar-refractivity contribution in [2.24, 2.45) is 0 Å². The number of hydrogen-bond donors (Lipinski definition) is 2. The average Bonchev–Trinajstić information content (AvgIpc) is 1.54. The molecule has 0 spiro atoms. The summed E-state index contributed by atoms with van der Waals surface area (Å²) in [7, 11) is 0. The maximum absolute atomic E-state index is 9.00. The normalized spacial score (nSPS) is 5.36. The molecule has 0 aliphatic rings. The van der Waals surface area contributed by atoms with Gasteiger partial charge in [0.2, 0.25) is 0 Å². The van der Waals surface area contributed by atoms with Gasteiger partial charge < -0.3 is 20.1 Å². The van der Waals surface area contributed by atoms with Crippen molar-refractivity contribution in [2.45, 2.75) is 20.8 Å². The second-order valence-corrected chi connectivity index (χ2v) is 1.53. The summed E-state index contributed by atoms with van der Waals surface area (Å²) < 4.78 is 0. The molecule has 0 amide bonds. The molecule has 0 saturated heterocycles. The second-order valence-electron chi connectivity index (χ2n) is 1.53. The molecule has 0 aliphatic carbocycles. The third-order valence-electron chi connectivity index (χ3n) is 0. The molecule has 0 unspecified atom stereocenters. The van der Waals surface area contributed by atoms with Crippen molar-refractivity contribution in [3.63, 3.8) is 0 Å². The summed E-state index contributed by atoms with van der Waals surface area (Å²) in [6.07, 6.45) is 0. The Bertz CT molecular complexity index is 120. The zero-order chi connectivity index (χ0) is 10.7. The van der Waals surface area contributed by atoms with E-state index in [1.54, 1.807) is 0 Å². The van der Waals surface area contributed by atoms with E-state index in [-0.39, 0.29) is 56.9 Å². The van der Waals surface area contributed by atoms with Gasteiger partial charge in [-0.3, -0.25) is 9.59 Å². The van der Waals surface area contributed by atoms with E-state index < -0.39 is 17.9 Å². The molecule has 0 aromatic carbocycles. The third kappa shape index (κ3) is 14400. The van der Waals surface area contributed by atoms with Crippen LogP contribution in [0.1, 0.15) is 20.8 Å². The molecule has 74 valence electrons. The van der Waals surface area contributed by atoms with Gasteiger partial charge in [-0.15, -0.1) is 0 Å². The molecule has 0 bridgehead atoms. The van der Waals surface area contributed by atoms with Gasteiger partial charge in [0.15, 0.2) is 0 Å². The van der Waals surface area contributed by atoms with Gasteiger partial charge in [0.1, 0.15) is 0 Å². The minimum absolute atomic E-state index is 0. The van der Waals surface area contributed by atoms with Gasteiger partial charge in [0.25, 0.3) is 11.9 Å². The monoisotopic (exact) mass is 316 g/mol. The first-order valence-corrected chi connectivity index (χ1v) is 2.76. The van der Waals surface area contributed by atoms with Crippen LogP contribution >= 0.6 is 0 Å². The van der Waals surface area contributed by atoms with Gasteiger partial charge in [-0.2, -0.15) is 0 Å². The van der Waals surface area contributed by atoms with Crippen molar-refractivity contribution in [3.05, 3.63) is 0 Å². The summed E-state index contributed by atoms with van der Waals surface area (Å²) in [5.41, 5.74) is 0. The predicted molar refractivity (Wildman–Crippen MR) is 37.3 cm³/mol. The predicted octanol–water partition coefficient (Wildman–Crippen LogP) is -4.06. The van der Waals surface area contributed by atoms with Gasteiger partial charge in [0.05, 0.1) is 0 Å². The van der Waals surface area contributed by atoms with Crippen LogP contribution in [0.25, 0.3) is 0 Å². The number of carbonyl (C=O) groups is 3. The van der Waals surface area contributed by atoms with Crippen molar-refractivity contribution < 1.29 is 86.6 Å². The van der Waals surface area contributed by atoms with E-state index in [1.807, 2.05) is 0 Å². The Hall–Kier alpha value is 0.332. The molecule has 0 fully saturated rings. The SMILES string of the molecule is CC(=O)O.CC(=O)O.CC(=O)[O-].[Cd].[Na+]. The van der Waals surface area contributed by atoms with E-state index in [1.165, 1.54) is 0 Å². The van der Waals surface area contributed by atoms with E-state index in [2.05, 4.69) is 0 Å². The molecular formula is C6H11CdNaO6. The summed E-state index contributed by atoms with van der Waals surface area (Å²) in [6, 6.07) is 0. The van der Waals surface area contributed by atoms with Crippen molar-refractivity contribution in [1.29, 1.82) is 0 Å². The van der Waals surface area contributed by atoms with Crippen LogP contribution in [0.15, 0.2) is 0 Å². The minimum atomic E-state index is -1.08. The molecule has 0 aromatic rings. The van der Waals surface area contributed by atoms with Crippen LogP contribution in [0.5, 0.6) is 0 Å². The topological polar surface area (TPSA) is 115 Å². The standard InChI is InChI=1S/3C2H4O2.Cd.Na/c3*1-2(3)4;;/h3*1H3,(H,3,4);;/q;;;;+1/p-1. The number of aliphatic carboxylic acids is 3. The van der Waals surface area contributed by atoms with Gasteiger partial charge in [-0.05, 0) is 6.92 Å². The van der Waals surface area contributed by atoms with Crippen molar-refractivity contribution in [2.75, 3.05) is 0 Å². The summed E-state index contributed by atoms with van der Waals surface area (Å²) >= 11 is 0. The van der Waals surface area contributed by atoms with Gasteiger partial charge in [-0.1, -0.05) is 0 Å². The Labute approximate surface area is 124 Å². The van der Waals surface area contributed by atoms with Crippen LogP contribution < -0.4 is 34.7 Å². The fraction of sp³-hybridized carbons (Fsp3) is 0.500. The molecule has 0 aromatic heterocycles. The minimum Gasteiger partial charge on any atom is -0.550 e.